The van der Waals surface area contributed by atoms with Crippen LogP contribution >= 0.6 is 0 Å². The van der Waals surface area contributed by atoms with Crippen molar-refractivity contribution < 1.29 is 18.5 Å². The molecule has 7 heteroatoms. The smallest absolute Gasteiger partial charge is 0.414 e. The number of rotatable bonds is 5. The number of nitrogens with zero attached hydrogens (tertiary/aromatic N) is 2. The standard InChI is InChI=1S/C15H13N3O4/c19-15(17-8-5-11-3-6-16-7-4-11)21-14-10-13(22-18-14)12-2-1-9-20-12/h1-4,6-7,9-10H,5,8H2,(H,17,19). The van der Waals surface area contributed by atoms with Crippen molar-refractivity contribution >= 4 is 6.09 Å². The average Bonchev–Trinajstić information content (AvgIpc) is 3.19. The second kappa shape index (κ2) is 6.57. The number of hydrogen-bond donors (Lipinski definition) is 1. The van der Waals surface area contributed by atoms with Gasteiger partial charge in [0.1, 0.15) is 0 Å². The molecule has 0 atom stereocenters. The fraction of sp³-hybridized carbons (Fsp3) is 0.133. The predicted octanol–water partition coefficient (Wildman–Crippen LogP) is 2.66. The molecule has 3 heterocycles. The molecule has 0 unspecified atom stereocenters. The number of aromatic nitrogens is 2. The highest BCUT2D eigenvalue weighted by molar-refractivity contribution is 5.70. The average molecular weight is 299 g/mol. The number of ether oxygens (including phenoxy) is 1. The van der Waals surface area contributed by atoms with Crippen molar-refractivity contribution in [3.63, 3.8) is 0 Å². The SMILES string of the molecule is O=C(NCCc1ccncc1)Oc1cc(-c2ccco2)on1. The summed E-state index contributed by atoms with van der Waals surface area (Å²) in [4.78, 5) is 15.6. The van der Waals surface area contributed by atoms with Gasteiger partial charge >= 0.3 is 6.09 Å². The Kier molecular flexibility index (Phi) is 4.15. The van der Waals surface area contributed by atoms with E-state index in [1.807, 2.05) is 12.1 Å². The first-order chi connectivity index (χ1) is 10.8. The van der Waals surface area contributed by atoms with Gasteiger partial charge in [-0.05, 0) is 41.4 Å². The molecular weight excluding hydrogens is 286 g/mol. The number of pyridine rings is 1. The van der Waals surface area contributed by atoms with E-state index in [1.165, 1.54) is 12.3 Å². The minimum Gasteiger partial charge on any atom is -0.461 e. The molecule has 0 fully saturated rings. The van der Waals surface area contributed by atoms with Gasteiger partial charge in [-0.25, -0.2) is 4.79 Å². The lowest BCUT2D eigenvalue weighted by Crippen LogP contribution is -2.28. The summed E-state index contributed by atoms with van der Waals surface area (Å²) in [5, 5.41) is 6.29. The van der Waals surface area contributed by atoms with Crippen molar-refractivity contribution in [2.24, 2.45) is 0 Å². The molecule has 0 spiro atoms. The Morgan fingerprint density at radius 2 is 2.09 bits per heavy atom. The van der Waals surface area contributed by atoms with Crippen LogP contribution in [0.25, 0.3) is 11.5 Å². The van der Waals surface area contributed by atoms with E-state index in [0.717, 1.165) is 5.56 Å². The normalized spacial score (nSPS) is 10.4. The first kappa shape index (κ1) is 13.9. The molecule has 1 N–H and O–H groups in total. The third-order valence-corrected chi connectivity index (χ3v) is 2.88. The maximum atomic E-state index is 11.6. The van der Waals surface area contributed by atoms with Gasteiger partial charge in [-0.3, -0.25) is 4.98 Å². The number of hydrogen-bond acceptors (Lipinski definition) is 6. The van der Waals surface area contributed by atoms with Crippen LogP contribution in [0.3, 0.4) is 0 Å². The van der Waals surface area contributed by atoms with Crippen molar-refractivity contribution in [3.05, 3.63) is 54.6 Å². The zero-order valence-corrected chi connectivity index (χ0v) is 11.6. The molecule has 0 aliphatic heterocycles. The molecule has 0 bridgehead atoms. The molecule has 112 valence electrons. The third-order valence-electron chi connectivity index (χ3n) is 2.88. The summed E-state index contributed by atoms with van der Waals surface area (Å²) in [6.45, 7) is 0.450. The van der Waals surface area contributed by atoms with Gasteiger partial charge in [0.25, 0.3) is 5.88 Å². The van der Waals surface area contributed by atoms with Gasteiger partial charge in [0, 0.05) is 18.9 Å². The zero-order valence-electron chi connectivity index (χ0n) is 11.6. The third kappa shape index (κ3) is 3.51. The van der Waals surface area contributed by atoms with E-state index in [-0.39, 0.29) is 5.88 Å². The molecule has 22 heavy (non-hydrogen) atoms. The fourth-order valence-corrected chi connectivity index (χ4v) is 1.83. The van der Waals surface area contributed by atoms with Crippen LogP contribution in [0.1, 0.15) is 5.56 Å². The Hall–Kier alpha value is -3.09. The fourth-order valence-electron chi connectivity index (χ4n) is 1.83. The Balaban J connectivity index is 1.48. The molecule has 3 aromatic rings. The molecular formula is C15H13N3O4. The van der Waals surface area contributed by atoms with Crippen LogP contribution in [0.2, 0.25) is 0 Å². The molecule has 0 saturated carbocycles. The quantitative estimate of drug-likeness (QED) is 0.779. The molecule has 3 aromatic heterocycles. The predicted molar refractivity (Wildman–Crippen MR) is 76.2 cm³/mol. The van der Waals surface area contributed by atoms with Gasteiger partial charge in [-0.15, -0.1) is 0 Å². The second-order valence-corrected chi connectivity index (χ2v) is 4.43. The van der Waals surface area contributed by atoms with Crippen LogP contribution in [0, 0.1) is 0 Å². The minimum atomic E-state index is -0.589. The molecule has 0 aromatic carbocycles. The van der Waals surface area contributed by atoms with Crippen LogP contribution < -0.4 is 10.1 Å². The lowest BCUT2D eigenvalue weighted by Gasteiger charge is -2.03. The van der Waals surface area contributed by atoms with Crippen molar-refractivity contribution in [2.45, 2.75) is 6.42 Å². The van der Waals surface area contributed by atoms with Crippen molar-refractivity contribution in [3.8, 4) is 17.4 Å². The minimum absolute atomic E-state index is 0.0767. The van der Waals surface area contributed by atoms with Gasteiger partial charge in [0.05, 0.1) is 12.3 Å². The van der Waals surface area contributed by atoms with E-state index >= 15 is 0 Å². The maximum absolute atomic E-state index is 11.6. The Morgan fingerprint density at radius 3 is 2.86 bits per heavy atom. The van der Waals surface area contributed by atoms with Crippen molar-refractivity contribution in [2.75, 3.05) is 6.54 Å². The van der Waals surface area contributed by atoms with E-state index in [2.05, 4.69) is 15.5 Å². The molecule has 0 saturated heterocycles. The van der Waals surface area contributed by atoms with Crippen LogP contribution in [-0.2, 0) is 6.42 Å². The highest BCUT2D eigenvalue weighted by atomic mass is 16.6. The van der Waals surface area contributed by atoms with Gasteiger partial charge in [0.2, 0.25) is 5.76 Å². The van der Waals surface area contributed by atoms with Gasteiger partial charge in [-0.2, -0.15) is 0 Å². The van der Waals surface area contributed by atoms with Crippen LogP contribution in [0.4, 0.5) is 4.79 Å². The Morgan fingerprint density at radius 1 is 1.23 bits per heavy atom. The van der Waals surface area contributed by atoms with Crippen LogP contribution in [-0.4, -0.2) is 22.8 Å². The highest BCUT2D eigenvalue weighted by Gasteiger charge is 2.12. The zero-order chi connectivity index (χ0) is 15.2. The Bertz CT molecular complexity index is 722. The van der Waals surface area contributed by atoms with E-state index in [4.69, 9.17) is 13.7 Å². The summed E-state index contributed by atoms with van der Waals surface area (Å²) >= 11 is 0. The van der Waals surface area contributed by atoms with E-state index in [1.54, 1.807) is 24.5 Å². The van der Waals surface area contributed by atoms with E-state index in [9.17, 15) is 4.79 Å². The van der Waals surface area contributed by atoms with E-state index < -0.39 is 6.09 Å². The molecule has 0 aliphatic rings. The van der Waals surface area contributed by atoms with Crippen LogP contribution in [0.15, 0.2) is 57.9 Å². The van der Waals surface area contributed by atoms with Gasteiger partial charge in [-0.1, -0.05) is 0 Å². The monoisotopic (exact) mass is 299 g/mol. The summed E-state index contributed by atoms with van der Waals surface area (Å²) < 4.78 is 15.2. The summed E-state index contributed by atoms with van der Waals surface area (Å²) in [5.41, 5.74) is 1.08. The Labute approximate surface area is 125 Å². The molecule has 1 amide bonds. The van der Waals surface area contributed by atoms with Crippen molar-refractivity contribution in [1.29, 1.82) is 0 Å². The number of furan rings is 1. The van der Waals surface area contributed by atoms with Crippen LogP contribution in [0.5, 0.6) is 5.88 Å². The molecule has 7 nitrogen and oxygen atoms in total. The molecule has 3 rings (SSSR count). The summed E-state index contributed by atoms with van der Waals surface area (Å²) in [5.74, 6) is 0.984. The summed E-state index contributed by atoms with van der Waals surface area (Å²) in [7, 11) is 0. The largest absolute Gasteiger partial charge is 0.461 e. The molecule has 0 radical (unpaired) electrons. The summed E-state index contributed by atoms with van der Waals surface area (Å²) in [6, 6.07) is 8.71. The molecule has 0 aliphatic carbocycles. The topological polar surface area (TPSA) is 90.4 Å². The number of carbonyl (C=O) groups is 1. The van der Waals surface area contributed by atoms with Gasteiger partial charge in [0.15, 0.2) is 5.76 Å². The van der Waals surface area contributed by atoms with E-state index in [0.29, 0.717) is 24.5 Å². The summed E-state index contributed by atoms with van der Waals surface area (Å²) in [6.07, 6.45) is 5.03. The number of nitrogens with one attached hydrogen (secondary N) is 1. The number of carbonyl (C=O) groups excluding carboxylic acids is 1. The lowest BCUT2D eigenvalue weighted by molar-refractivity contribution is 0.196. The lowest BCUT2D eigenvalue weighted by atomic mass is 10.2. The van der Waals surface area contributed by atoms with Gasteiger partial charge < -0.3 is 19.0 Å². The first-order valence-electron chi connectivity index (χ1n) is 6.66. The maximum Gasteiger partial charge on any atom is 0.414 e. The highest BCUT2D eigenvalue weighted by Crippen LogP contribution is 2.23. The second-order valence-electron chi connectivity index (χ2n) is 4.43. The number of amides is 1. The van der Waals surface area contributed by atoms with Crippen molar-refractivity contribution in [1.82, 2.24) is 15.5 Å². The first-order valence-corrected chi connectivity index (χ1v) is 6.66.